The molecular weight excluding hydrogens is 522 g/mol. The van der Waals surface area contributed by atoms with Crippen molar-refractivity contribution in [1.82, 2.24) is 19.6 Å². The van der Waals surface area contributed by atoms with Gasteiger partial charge in [-0.3, -0.25) is 14.3 Å². The molecule has 0 radical (unpaired) electrons. The summed E-state index contributed by atoms with van der Waals surface area (Å²) in [6.45, 7) is 7.85. The van der Waals surface area contributed by atoms with Crippen molar-refractivity contribution >= 4 is 17.5 Å². The molecule has 3 aromatic rings. The first-order valence-electron chi connectivity index (χ1n) is 15.9. The van der Waals surface area contributed by atoms with Crippen molar-refractivity contribution in [1.29, 1.82) is 0 Å². The summed E-state index contributed by atoms with van der Waals surface area (Å²) < 4.78 is 1.82. The maximum atomic E-state index is 13.5. The quantitative estimate of drug-likeness (QED) is 0.382. The Morgan fingerprint density at radius 2 is 1.62 bits per heavy atom. The molecule has 222 valence electrons. The Bertz CT molecular complexity index is 1400. The molecule has 0 bridgehead atoms. The maximum Gasteiger partial charge on any atom is 0.253 e. The van der Waals surface area contributed by atoms with Crippen LogP contribution in [0, 0.1) is 18.8 Å². The topological polar surface area (TPSA) is 70.5 Å². The van der Waals surface area contributed by atoms with Crippen molar-refractivity contribution < 1.29 is 9.59 Å². The molecule has 3 fully saturated rings. The Balaban J connectivity index is 1.02. The van der Waals surface area contributed by atoms with Gasteiger partial charge in [-0.2, -0.15) is 5.10 Å². The number of aryl methyl sites for hydroxylation is 2. The van der Waals surface area contributed by atoms with Gasteiger partial charge >= 0.3 is 0 Å². The number of anilines is 1. The van der Waals surface area contributed by atoms with E-state index in [2.05, 4.69) is 46.5 Å². The van der Waals surface area contributed by atoms with E-state index in [4.69, 9.17) is 0 Å². The van der Waals surface area contributed by atoms with E-state index in [0.29, 0.717) is 17.5 Å². The van der Waals surface area contributed by atoms with E-state index in [0.717, 1.165) is 74.6 Å². The maximum absolute atomic E-state index is 13.5. The SMILES string of the molecule is Cc1ccc(C(=O)N2CCC(c3ccc(-c4cnn(C)c4)cc3)CC2)cc1NC(=O)C1CCN(C2CCC(C)C2)CC1. The summed E-state index contributed by atoms with van der Waals surface area (Å²) in [6, 6.07) is 15.2. The van der Waals surface area contributed by atoms with Crippen LogP contribution in [0.4, 0.5) is 5.69 Å². The predicted molar refractivity (Wildman–Crippen MR) is 167 cm³/mol. The normalized spacial score (nSPS) is 22.4. The minimum atomic E-state index is 0.0382. The lowest BCUT2D eigenvalue weighted by atomic mass is 9.88. The summed E-state index contributed by atoms with van der Waals surface area (Å²) in [5.41, 5.74) is 6.04. The standard InChI is InChI=1S/C35H45N5O2/c1-24-4-11-32(20-24)39-16-14-29(15-17-39)34(41)37-33-21-30(6-5-25(33)2)35(42)40-18-12-28(13-19-40)26-7-9-27(10-8-26)31-22-36-38(3)23-31/h5-10,21-24,28-29,32H,4,11-20H2,1-3H3,(H,37,41). The first-order chi connectivity index (χ1) is 20.3. The molecule has 1 N–H and O–H groups in total. The van der Waals surface area contributed by atoms with E-state index in [9.17, 15) is 9.59 Å². The van der Waals surface area contributed by atoms with Gasteiger partial charge in [0.2, 0.25) is 5.91 Å². The minimum absolute atomic E-state index is 0.0382. The lowest BCUT2D eigenvalue weighted by Gasteiger charge is -2.35. The Morgan fingerprint density at radius 3 is 2.26 bits per heavy atom. The van der Waals surface area contributed by atoms with Crippen molar-refractivity contribution in [3.63, 3.8) is 0 Å². The third-order valence-corrected chi connectivity index (χ3v) is 10.0. The number of amides is 2. The molecule has 0 spiro atoms. The first kappa shape index (κ1) is 28.7. The monoisotopic (exact) mass is 567 g/mol. The molecule has 2 aromatic carbocycles. The summed E-state index contributed by atoms with van der Waals surface area (Å²) in [6.07, 6.45) is 11.6. The average Bonchev–Trinajstić information content (AvgIpc) is 3.66. The third kappa shape index (κ3) is 6.31. The zero-order chi connectivity index (χ0) is 29.2. The highest BCUT2D eigenvalue weighted by Crippen LogP contribution is 2.33. The number of nitrogens with one attached hydrogen (secondary N) is 1. The number of aromatic nitrogens is 2. The van der Waals surface area contributed by atoms with Crippen molar-refractivity contribution in [3.8, 4) is 11.1 Å². The summed E-state index contributed by atoms with van der Waals surface area (Å²) in [7, 11) is 1.93. The molecule has 42 heavy (non-hydrogen) atoms. The number of nitrogens with zero attached hydrogens (tertiary/aromatic N) is 4. The Labute approximate surface area is 250 Å². The average molecular weight is 568 g/mol. The highest BCUT2D eigenvalue weighted by Gasteiger charge is 2.32. The summed E-state index contributed by atoms with van der Waals surface area (Å²) >= 11 is 0. The smallest absolute Gasteiger partial charge is 0.253 e. The number of hydrogen-bond donors (Lipinski definition) is 1. The molecule has 3 heterocycles. The molecule has 2 saturated heterocycles. The van der Waals surface area contributed by atoms with Crippen LogP contribution < -0.4 is 5.32 Å². The molecule has 2 unspecified atom stereocenters. The number of carbonyl (C=O) groups is 2. The fraction of sp³-hybridized carbons (Fsp3) is 0.514. The van der Waals surface area contributed by atoms with E-state index in [-0.39, 0.29) is 17.7 Å². The van der Waals surface area contributed by atoms with Gasteiger partial charge in [-0.15, -0.1) is 0 Å². The van der Waals surface area contributed by atoms with Gasteiger partial charge in [-0.05, 0) is 106 Å². The third-order valence-electron chi connectivity index (χ3n) is 10.0. The highest BCUT2D eigenvalue weighted by molar-refractivity contribution is 5.98. The van der Waals surface area contributed by atoms with E-state index >= 15 is 0 Å². The number of likely N-dealkylation sites (tertiary alicyclic amines) is 2. The fourth-order valence-corrected chi connectivity index (χ4v) is 7.28. The number of piperidine rings is 2. The van der Waals surface area contributed by atoms with Gasteiger partial charge in [0.25, 0.3) is 5.91 Å². The predicted octanol–water partition coefficient (Wildman–Crippen LogP) is 6.25. The van der Waals surface area contributed by atoms with Crippen LogP contribution in [-0.4, -0.2) is 63.6 Å². The van der Waals surface area contributed by atoms with Crippen LogP contribution in [0.2, 0.25) is 0 Å². The van der Waals surface area contributed by atoms with Gasteiger partial charge in [0.1, 0.15) is 0 Å². The zero-order valence-corrected chi connectivity index (χ0v) is 25.4. The molecule has 2 aliphatic heterocycles. The fourth-order valence-electron chi connectivity index (χ4n) is 7.28. The number of rotatable bonds is 6. The van der Waals surface area contributed by atoms with Crippen molar-refractivity contribution in [2.24, 2.45) is 18.9 Å². The number of hydrogen-bond acceptors (Lipinski definition) is 4. The van der Waals surface area contributed by atoms with Crippen LogP contribution in [0.1, 0.15) is 79.3 Å². The Hall–Kier alpha value is -3.45. The van der Waals surface area contributed by atoms with Crippen LogP contribution in [0.3, 0.4) is 0 Å². The molecule has 2 amide bonds. The molecule has 1 saturated carbocycles. The largest absolute Gasteiger partial charge is 0.339 e. The van der Waals surface area contributed by atoms with Gasteiger partial charge in [0.05, 0.1) is 6.20 Å². The van der Waals surface area contributed by atoms with Crippen LogP contribution in [0.5, 0.6) is 0 Å². The van der Waals surface area contributed by atoms with Crippen LogP contribution in [0.15, 0.2) is 54.9 Å². The molecule has 7 nitrogen and oxygen atoms in total. The van der Waals surface area contributed by atoms with Gasteiger partial charge in [-0.1, -0.05) is 37.3 Å². The summed E-state index contributed by atoms with van der Waals surface area (Å²) in [5.74, 6) is 1.47. The van der Waals surface area contributed by atoms with E-state index < -0.39 is 0 Å². The highest BCUT2D eigenvalue weighted by atomic mass is 16.2. The molecule has 2 atom stereocenters. The van der Waals surface area contributed by atoms with Crippen LogP contribution in [0.25, 0.3) is 11.1 Å². The molecule has 6 rings (SSSR count). The van der Waals surface area contributed by atoms with E-state index in [1.807, 2.05) is 54.1 Å². The van der Waals surface area contributed by atoms with Gasteiger partial charge < -0.3 is 15.1 Å². The van der Waals surface area contributed by atoms with E-state index in [1.54, 1.807) is 0 Å². The van der Waals surface area contributed by atoms with Gasteiger partial charge in [0, 0.05) is 55.1 Å². The van der Waals surface area contributed by atoms with Crippen molar-refractivity contribution in [3.05, 3.63) is 71.5 Å². The van der Waals surface area contributed by atoms with Crippen molar-refractivity contribution in [2.45, 2.75) is 70.8 Å². The number of carbonyl (C=O) groups excluding carboxylic acids is 2. The second-order valence-electron chi connectivity index (χ2n) is 13.0. The zero-order valence-electron chi connectivity index (χ0n) is 25.4. The second-order valence-corrected chi connectivity index (χ2v) is 13.0. The lowest BCUT2D eigenvalue weighted by Crippen LogP contribution is -2.42. The first-order valence-corrected chi connectivity index (χ1v) is 15.9. The Morgan fingerprint density at radius 1 is 0.881 bits per heavy atom. The summed E-state index contributed by atoms with van der Waals surface area (Å²) in [5, 5.41) is 7.46. The second kappa shape index (κ2) is 12.4. The molecular formula is C35H45N5O2. The lowest BCUT2D eigenvalue weighted by molar-refractivity contribution is -0.121. The van der Waals surface area contributed by atoms with Crippen LogP contribution in [-0.2, 0) is 11.8 Å². The molecule has 3 aliphatic rings. The molecule has 7 heteroatoms. The van der Waals surface area contributed by atoms with Gasteiger partial charge in [0.15, 0.2) is 0 Å². The minimum Gasteiger partial charge on any atom is -0.339 e. The number of benzene rings is 2. The Kier molecular flexibility index (Phi) is 8.48. The van der Waals surface area contributed by atoms with E-state index in [1.165, 1.54) is 30.4 Å². The van der Waals surface area contributed by atoms with Crippen LogP contribution >= 0.6 is 0 Å². The summed E-state index contributed by atoms with van der Waals surface area (Å²) in [4.78, 5) is 31.3. The van der Waals surface area contributed by atoms with Crippen molar-refractivity contribution in [2.75, 3.05) is 31.5 Å². The molecule has 1 aromatic heterocycles. The molecule has 1 aliphatic carbocycles. The van der Waals surface area contributed by atoms with Gasteiger partial charge in [-0.25, -0.2) is 0 Å².